The van der Waals surface area contributed by atoms with E-state index in [-0.39, 0.29) is 25.6 Å². The zero-order valence-electron chi connectivity index (χ0n) is 68.2. The van der Waals surface area contributed by atoms with Gasteiger partial charge in [-0.15, -0.1) is 0 Å². The fourth-order valence-corrected chi connectivity index (χ4v) is 14.3. The summed E-state index contributed by atoms with van der Waals surface area (Å²) in [6.07, 6.45) is 111. The van der Waals surface area contributed by atoms with Crippen molar-refractivity contribution >= 4 is 19.8 Å². The van der Waals surface area contributed by atoms with Crippen LogP contribution < -0.4 is 0 Å². The van der Waals surface area contributed by atoms with E-state index in [0.29, 0.717) is 23.9 Å². The van der Waals surface area contributed by atoms with Crippen LogP contribution in [0.4, 0.5) is 0 Å². The van der Waals surface area contributed by atoms with E-state index in [0.717, 1.165) is 64.2 Å². The minimum Gasteiger partial charge on any atom is -0.462 e. The van der Waals surface area contributed by atoms with Gasteiger partial charge < -0.3 is 18.9 Å². The molecule has 9 nitrogen and oxygen atoms in total. The molecule has 0 aliphatic heterocycles. The van der Waals surface area contributed by atoms with Gasteiger partial charge in [-0.25, -0.2) is 4.57 Å². The fraction of sp³-hybridized carbons (Fsp3) is 0.868. The lowest BCUT2D eigenvalue weighted by Gasteiger charge is -2.24. The molecule has 0 bridgehead atoms. The van der Waals surface area contributed by atoms with Gasteiger partial charge in [-0.05, 0) is 57.8 Å². The van der Waals surface area contributed by atoms with Crippen LogP contribution in [0.15, 0.2) is 60.8 Å². The van der Waals surface area contributed by atoms with Crippen molar-refractivity contribution in [2.75, 3.05) is 47.5 Å². The number of quaternary nitrogens is 1. The van der Waals surface area contributed by atoms with Crippen LogP contribution in [-0.2, 0) is 32.7 Å². The van der Waals surface area contributed by atoms with E-state index >= 15 is 0 Å². The van der Waals surface area contributed by atoms with Crippen LogP contribution in [0.3, 0.4) is 0 Å². The number of likely N-dealkylation sites (N-methyl/N-ethyl adjacent to an activating group) is 1. The highest BCUT2D eigenvalue weighted by atomic mass is 31.2. The number of carbonyl (C=O) groups excluding carboxylic acids is 2. The molecule has 2 atom stereocenters. The summed E-state index contributed by atoms with van der Waals surface area (Å²) in [6.45, 7) is 4.41. The number of nitrogens with zero attached hydrogens (tertiary/aromatic N) is 1. The van der Waals surface area contributed by atoms with Gasteiger partial charge in [0.15, 0.2) is 6.10 Å². The van der Waals surface area contributed by atoms with Crippen LogP contribution in [0.1, 0.15) is 457 Å². The zero-order valence-corrected chi connectivity index (χ0v) is 69.1. The number of unbranched alkanes of at least 4 members (excludes halogenated alkanes) is 60. The van der Waals surface area contributed by atoms with Crippen molar-refractivity contribution in [2.45, 2.75) is 463 Å². The first kappa shape index (κ1) is 98.7. The lowest BCUT2D eigenvalue weighted by Crippen LogP contribution is -2.37. The van der Waals surface area contributed by atoms with Gasteiger partial charge in [-0.3, -0.25) is 18.6 Å². The molecule has 0 spiro atoms. The lowest BCUT2D eigenvalue weighted by molar-refractivity contribution is -0.870. The molecule has 0 saturated carbocycles. The molecule has 101 heavy (non-hydrogen) atoms. The Morgan fingerprint density at radius 1 is 0.317 bits per heavy atom. The van der Waals surface area contributed by atoms with Crippen molar-refractivity contribution in [1.82, 2.24) is 0 Å². The normalized spacial score (nSPS) is 13.2. The monoisotopic (exact) mass is 1440 g/mol. The second kappa shape index (κ2) is 81.8. The average Bonchev–Trinajstić information content (AvgIpc) is 0.958. The molecule has 10 heteroatoms. The van der Waals surface area contributed by atoms with Crippen LogP contribution in [0.5, 0.6) is 0 Å². The number of rotatable bonds is 84. The fourth-order valence-electron chi connectivity index (χ4n) is 13.6. The number of carbonyl (C=O) groups is 2. The SMILES string of the molecule is CC/C=C\C/C=C\C/C=C\C/C=C\C/C=C\CCCCCCCCCCCCCCCCCCCCCCCC(=O)OC(COC(=O)CCCCCCCCCCCCCCCCCCCCCCCCCCCCCCCCCCCCCCCCCC)COP(=O)(O)OCC[N+](C)(C)C. The molecule has 0 amide bonds. The third-order valence-electron chi connectivity index (χ3n) is 20.3. The summed E-state index contributed by atoms with van der Waals surface area (Å²) in [5, 5.41) is 0. The third-order valence-corrected chi connectivity index (χ3v) is 21.3. The Morgan fingerprint density at radius 2 is 0.564 bits per heavy atom. The highest BCUT2D eigenvalue weighted by Gasteiger charge is 2.27. The van der Waals surface area contributed by atoms with Gasteiger partial charge in [0, 0.05) is 12.8 Å². The van der Waals surface area contributed by atoms with Gasteiger partial charge in [0.1, 0.15) is 19.8 Å². The maximum absolute atomic E-state index is 12.9. The molecule has 0 aliphatic rings. The number of esters is 2. The lowest BCUT2D eigenvalue weighted by atomic mass is 10.0. The number of allylic oxidation sites excluding steroid dienone is 10. The first-order chi connectivity index (χ1) is 49.5. The van der Waals surface area contributed by atoms with E-state index in [2.05, 4.69) is 74.6 Å². The summed E-state index contributed by atoms with van der Waals surface area (Å²) in [7, 11) is 1.50. The van der Waals surface area contributed by atoms with E-state index in [1.807, 2.05) is 21.1 Å². The molecule has 0 fully saturated rings. The van der Waals surface area contributed by atoms with Crippen LogP contribution in [0, 0.1) is 0 Å². The van der Waals surface area contributed by atoms with Crippen molar-refractivity contribution in [3.8, 4) is 0 Å². The predicted molar refractivity (Wildman–Crippen MR) is 441 cm³/mol. The highest BCUT2D eigenvalue weighted by molar-refractivity contribution is 7.47. The molecule has 0 rings (SSSR count). The van der Waals surface area contributed by atoms with Crippen molar-refractivity contribution in [3.63, 3.8) is 0 Å². The molecule has 0 aromatic carbocycles. The molecule has 0 aromatic heterocycles. The molecule has 0 heterocycles. The average molecular weight is 1440 g/mol. The molecule has 0 aromatic rings. The zero-order chi connectivity index (χ0) is 73.3. The van der Waals surface area contributed by atoms with Crippen molar-refractivity contribution in [2.24, 2.45) is 0 Å². The molecule has 594 valence electrons. The smallest absolute Gasteiger partial charge is 0.462 e. The molecule has 2 unspecified atom stereocenters. The van der Waals surface area contributed by atoms with Crippen molar-refractivity contribution in [3.05, 3.63) is 60.8 Å². The Morgan fingerprint density at radius 3 is 0.842 bits per heavy atom. The van der Waals surface area contributed by atoms with Gasteiger partial charge >= 0.3 is 19.8 Å². The molecule has 0 aliphatic carbocycles. The summed E-state index contributed by atoms with van der Waals surface area (Å²) in [6, 6.07) is 0. The van der Waals surface area contributed by atoms with Gasteiger partial charge in [-0.1, -0.05) is 447 Å². The third kappa shape index (κ3) is 86.5. The predicted octanol–water partition coefficient (Wildman–Crippen LogP) is 30.0. The maximum atomic E-state index is 12.9. The minimum atomic E-state index is -4.40. The Kier molecular flexibility index (Phi) is 79.9. The first-order valence-corrected chi connectivity index (χ1v) is 46.0. The van der Waals surface area contributed by atoms with E-state index in [4.69, 9.17) is 18.5 Å². The van der Waals surface area contributed by atoms with Crippen LogP contribution in [-0.4, -0.2) is 74.9 Å². The Hall–Kier alpha value is -2.29. The maximum Gasteiger partial charge on any atom is 0.472 e. The highest BCUT2D eigenvalue weighted by Crippen LogP contribution is 2.43. The minimum absolute atomic E-state index is 0.0345. The number of hydrogen-bond acceptors (Lipinski definition) is 7. The van der Waals surface area contributed by atoms with Crippen molar-refractivity contribution < 1.29 is 42.1 Å². The molecule has 0 radical (unpaired) electrons. The Balaban J connectivity index is 3.84. The number of ether oxygens (including phenoxy) is 2. The number of phosphoric acid groups is 1. The quantitative estimate of drug-likeness (QED) is 0.0211. The van der Waals surface area contributed by atoms with Gasteiger partial charge in [0.2, 0.25) is 0 Å². The number of phosphoric ester groups is 1. The Bertz CT molecular complexity index is 1890. The van der Waals surface area contributed by atoms with Gasteiger partial charge in [-0.2, -0.15) is 0 Å². The van der Waals surface area contributed by atoms with E-state index < -0.39 is 26.5 Å². The van der Waals surface area contributed by atoms with E-state index in [1.54, 1.807) is 0 Å². The van der Waals surface area contributed by atoms with Crippen molar-refractivity contribution in [1.29, 1.82) is 0 Å². The molecular weight excluding hydrogens is 1270 g/mol. The van der Waals surface area contributed by atoms with Crippen LogP contribution in [0.2, 0.25) is 0 Å². The summed E-state index contributed by atoms with van der Waals surface area (Å²) < 4.78 is 34.9. The van der Waals surface area contributed by atoms with E-state index in [1.165, 1.54) is 360 Å². The Labute approximate surface area is 629 Å². The largest absolute Gasteiger partial charge is 0.472 e. The summed E-state index contributed by atoms with van der Waals surface area (Å²) in [5.74, 6) is -0.771. The molecular formula is C91H173NO8P+. The topological polar surface area (TPSA) is 108 Å². The number of hydrogen-bond donors (Lipinski definition) is 1. The van der Waals surface area contributed by atoms with Gasteiger partial charge in [0.05, 0.1) is 27.7 Å². The summed E-state index contributed by atoms with van der Waals surface area (Å²) in [4.78, 5) is 36.1. The second-order valence-corrected chi connectivity index (χ2v) is 33.1. The standard InChI is InChI=1S/C91H172NO8P/c1-6-8-10-12-14-16-18-20-22-24-26-28-30-32-34-36-38-40-42-44-45-46-48-49-51-53-55-57-59-61-63-65-67-69-71-73-75-77-79-81-83-90(93)97-87-89(88-99-101(95,96)98-86-85-92(3,4)5)100-91(94)84-82-80-78-76-74-72-70-68-66-64-62-60-58-56-54-52-50-47-43-41-39-37-35-33-31-29-27-25-23-21-19-17-15-13-11-9-7-2/h9,11,15,17,21,23,27,29,33,35,89H,6-8,10,12-14,16,18-20,22,24-26,28,30-32,34,36-88H2,1-5H3/p+1/b11-9-,17-15-,23-21-,29-27-,35-33-. The first-order valence-electron chi connectivity index (χ1n) is 44.5. The van der Waals surface area contributed by atoms with E-state index in [9.17, 15) is 19.0 Å². The second-order valence-electron chi connectivity index (χ2n) is 31.6. The molecule has 0 saturated heterocycles. The van der Waals surface area contributed by atoms with Gasteiger partial charge in [0.25, 0.3) is 0 Å². The summed E-state index contributed by atoms with van der Waals surface area (Å²) >= 11 is 0. The summed E-state index contributed by atoms with van der Waals surface area (Å²) in [5.41, 5.74) is 0. The van der Waals surface area contributed by atoms with Crippen LogP contribution in [0.25, 0.3) is 0 Å². The van der Waals surface area contributed by atoms with Crippen LogP contribution >= 0.6 is 7.82 Å². The molecule has 1 N–H and O–H groups in total.